The van der Waals surface area contributed by atoms with Gasteiger partial charge >= 0.3 is 0 Å². The molecule has 182 valence electrons. The highest BCUT2D eigenvalue weighted by molar-refractivity contribution is 5.84. The first kappa shape index (κ1) is 23.2. The topological polar surface area (TPSA) is 50.1 Å². The third-order valence-corrected chi connectivity index (χ3v) is 7.16. The molecule has 34 heavy (non-hydrogen) atoms. The summed E-state index contributed by atoms with van der Waals surface area (Å²) in [6.07, 6.45) is 5.30. The molecular weight excluding hydrogens is 425 g/mol. The maximum atomic E-state index is 13.9. The van der Waals surface area contributed by atoms with Gasteiger partial charge in [-0.15, -0.1) is 0 Å². The first-order valence-corrected chi connectivity index (χ1v) is 12.6. The van der Waals surface area contributed by atoms with Crippen LogP contribution in [-0.4, -0.2) is 64.2 Å². The second kappa shape index (κ2) is 9.23. The molecule has 0 spiro atoms. The first-order chi connectivity index (χ1) is 16.2. The van der Waals surface area contributed by atoms with Gasteiger partial charge in [0.05, 0.1) is 0 Å². The molecule has 0 radical (unpaired) electrons. The first-order valence-electron chi connectivity index (χ1n) is 12.6. The summed E-state index contributed by atoms with van der Waals surface area (Å²) in [5.74, 6) is 2.06. The largest absolute Gasteiger partial charge is 0.367 e. The smallest absolute Gasteiger partial charge is 0.118 e. The minimum atomic E-state index is -1.14. The number of hydrogen-bond acceptors (Lipinski definition) is 3. The van der Waals surface area contributed by atoms with Crippen LogP contribution in [0, 0.1) is 5.92 Å². The Bertz CT molecular complexity index is 1160. The minimum Gasteiger partial charge on any atom is -0.367 e. The van der Waals surface area contributed by atoms with Crippen molar-refractivity contribution in [1.29, 1.82) is 0 Å². The number of aromatic amines is 2. The molecule has 6 heteroatoms. The molecule has 5 heterocycles. The van der Waals surface area contributed by atoms with Crippen molar-refractivity contribution >= 4 is 22.8 Å². The molecule has 1 unspecified atom stereocenters. The number of H-pyrrole nitrogens is 2. The number of rotatable bonds is 4. The Hall–Kier alpha value is -2.57. The van der Waals surface area contributed by atoms with Gasteiger partial charge < -0.3 is 15.3 Å². The monoisotopic (exact) mass is 463 g/mol. The average Bonchev–Trinajstić information content (AvgIpc) is 3.36. The Morgan fingerprint density at radius 2 is 1.91 bits per heavy atom. The summed E-state index contributed by atoms with van der Waals surface area (Å²) < 4.78 is 13.9. The summed E-state index contributed by atoms with van der Waals surface area (Å²) in [4.78, 5) is 11.4. The number of alkyl halides is 1. The van der Waals surface area contributed by atoms with Gasteiger partial charge in [-0.25, -0.2) is 4.39 Å². The standard InChI is InChI=1S/C16H21FN2.C12H17N3/c1-11-8-13-12-6-4-5-7-14(12)18-15(13)9-19(11)10-16(2,3)17;1-9-6-15(7-9)8-10-4-11-2-3-13-12(11)14-5-10/h4-7,11,18H,8-10H2,1-3H3;2-4,9,13-14H,5-8H2,1H3. The predicted octanol–water partition coefficient (Wildman–Crippen LogP) is 5.44. The molecule has 0 amide bonds. The molecule has 2 aromatic heterocycles. The number of halogens is 1. The van der Waals surface area contributed by atoms with E-state index in [9.17, 15) is 4.39 Å². The van der Waals surface area contributed by atoms with Gasteiger partial charge in [0.1, 0.15) is 11.5 Å². The van der Waals surface area contributed by atoms with Crippen molar-refractivity contribution in [2.24, 2.45) is 5.92 Å². The Morgan fingerprint density at radius 1 is 1.12 bits per heavy atom. The normalized spacial score (nSPS) is 21.1. The van der Waals surface area contributed by atoms with Gasteiger partial charge in [-0.05, 0) is 62.5 Å². The molecule has 1 fully saturated rings. The van der Waals surface area contributed by atoms with Crippen LogP contribution in [-0.2, 0) is 13.0 Å². The molecule has 0 bridgehead atoms. The van der Waals surface area contributed by atoms with Gasteiger partial charge in [0.25, 0.3) is 0 Å². The minimum absolute atomic E-state index is 0.390. The van der Waals surface area contributed by atoms with Crippen LogP contribution >= 0.6 is 0 Å². The Labute approximate surface area is 202 Å². The summed E-state index contributed by atoms with van der Waals surface area (Å²) in [5.41, 5.74) is 5.51. The molecule has 3 N–H and O–H groups in total. The van der Waals surface area contributed by atoms with Crippen LogP contribution in [0.4, 0.5) is 10.2 Å². The lowest BCUT2D eigenvalue weighted by molar-refractivity contribution is 0.0853. The van der Waals surface area contributed by atoms with Crippen LogP contribution in [0.3, 0.4) is 0 Å². The zero-order valence-corrected chi connectivity index (χ0v) is 20.9. The maximum Gasteiger partial charge on any atom is 0.118 e. The molecule has 1 saturated heterocycles. The molecule has 3 aromatic rings. The Kier molecular flexibility index (Phi) is 6.30. The highest BCUT2D eigenvalue weighted by atomic mass is 19.1. The summed E-state index contributed by atoms with van der Waals surface area (Å²) in [7, 11) is 0. The van der Waals surface area contributed by atoms with E-state index in [0.29, 0.717) is 12.6 Å². The number of nitrogens with one attached hydrogen (secondary N) is 3. The fraction of sp³-hybridized carbons (Fsp3) is 0.500. The number of nitrogens with zero attached hydrogens (tertiary/aromatic N) is 2. The van der Waals surface area contributed by atoms with Crippen molar-refractivity contribution in [3.05, 3.63) is 58.9 Å². The number of benzene rings is 1. The third kappa shape index (κ3) is 5.08. The van der Waals surface area contributed by atoms with Crippen LogP contribution in [0.5, 0.6) is 0 Å². The van der Waals surface area contributed by atoms with Crippen molar-refractivity contribution in [2.45, 2.75) is 52.4 Å². The van der Waals surface area contributed by atoms with Crippen molar-refractivity contribution < 1.29 is 4.39 Å². The lowest BCUT2D eigenvalue weighted by Gasteiger charge is -2.38. The second-order valence-corrected chi connectivity index (χ2v) is 11.1. The number of likely N-dealkylation sites (tertiary alicyclic amines) is 1. The molecule has 6 rings (SSSR count). The van der Waals surface area contributed by atoms with E-state index in [4.69, 9.17) is 0 Å². The third-order valence-electron chi connectivity index (χ3n) is 7.16. The van der Waals surface area contributed by atoms with Crippen LogP contribution in [0.2, 0.25) is 0 Å². The van der Waals surface area contributed by atoms with Crippen molar-refractivity contribution in [3.63, 3.8) is 0 Å². The highest BCUT2D eigenvalue weighted by Gasteiger charge is 2.30. The van der Waals surface area contributed by atoms with Gasteiger partial charge in [-0.2, -0.15) is 0 Å². The number of aromatic nitrogens is 2. The molecule has 0 saturated carbocycles. The van der Waals surface area contributed by atoms with Crippen LogP contribution in [0.1, 0.15) is 44.5 Å². The summed E-state index contributed by atoms with van der Waals surface area (Å²) in [6, 6.07) is 10.9. The zero-order chi connectivity index (χ0) is 23.9. The van der Waals surface area contributed by atoms with E-state index in [0.717, 1.165) is 37.8 Å². The van der Waals surface area contributed by atoms with Crippen molar-refractivity contribution in [1.82, 2.24) is 19.8 Å². The summed E-state index contributed by atoms with van der Waals surface area (Å²) in [5, 5.41) is 4.73. The van der Waals surface area contributed by atoms with Crippen LogP contribution in [0.15, 0.2) is 42.1 Å². The molecule has 3 aliphatic heterocycles. The number of fused-ring (bicyclic) bond motifs is 4. The van der Waals surface area contributed by atoms with Crippen molar-refractivity contribution in [2.75, 3.05) is 38.0 Å². The summed E-state index contributed by atoms with van der Waals surface area (Å²) in [6.45, 7) is 13.8. The molecule has 1 aromatic carbocycles. The van der Waals surface area contributed by atoms with Gasteiger partial charge in [-0.1, -0.05) is 25.1 Å². The maximum absolute atomic E-state index is 13.9. The summed E-state index contributed by atoms with van der Waals surface area (Å²) >= 11 is 0. The zero-order valence-electron chi connectivity index (χ0n) is 20.9. The van der Waals surface area contributed by atoms with E-state index in [2.05, 4.69) is 75.3 Å². The van der Waals surface area contributed by atoms with Gasteiger partial charge in [0.15, 0.2) is 0 Å². The van der Waals surface area contributed by atoms with Gasteiger partial charge in [0, 0.05) is 73.7 Å². The second-order valence-electron chi connectivity index (χ2n) is 11.1. The van der Waals surface area contributed by atoms with Gasteiger partial charge in [-0.3, -0.25) is 9.80 Å². The molecule has 3 aliphatic rings. The van der Waals surface area contributed by atoms with E-state index < -0.39 is 5.67 Å². The fourth-order valence-electron chi connectivity index (χ4n) is 5.58. The number of anilines is 1. The highest BCUT2D eigenvalue weighted by Crippen LogP contribution is 2.31. The molecule has 1 atom stereocenters. The van der Waals surface area contributed by atoms with E-state index in [1.165, 1.54) is 46.4 Å². The fourth-order valence-corrected chi connectivity index (χ4v) is 5.58. The predicted molar refractivity (Wildman–Crippen MR) is 140 cm³/mol. The lowest BCUT2D eigenvalue weighted by atomic mass is 9.96. The Balaban J connectivity index is 0.000000145. The molecule has 5 nitrogen and oxygen atoms in total. The number of para-hydroxylation sites is 1. The van der Waals surface area contributed by atoms with Crippen LogP contribution in [0.25, 0.3) is 17.0 Å². The van der Waals surface area contributed by atoms with Gasteiger partial charge in [0.2, 0.25) is 0 Å². The number of hydrogen-bond donors (Lipinski definition) is 3. The van der Waals surface area contributed by atoms with E-state index in [-0.39, 0.29) is 0 Å². The molecule has 0 aliphatic carbocycles. The SMILES string of the molecule is CC1CN(CC2=Cc3cc[nH]c3NC2)C1.CC1Cc2c([nH]c3ccccc23)CN1CC(C)(C)F. The quantitative estimate of drug-likeness (QED) is 0.483. The van der Waals surface area contributed by atoms with Crippen molar-refractivity contribution in [3.8, 4) is 0 Å². The van der Waals surface area contributed by atoms with Crippen LogP contribution < -0.4 is 5.32 Å². The van der Waals surface area contributed by atoms with E-state index in [1.54, 1.807) is 13.8 Å². The average molecular weight is 464 g/mol. The van der Waals surface area contributed by atoms with E-state index in [1.807, 2.05) is 6.20 Å². The molecular formula is C28H38FN5. The van der Waals surface area contributed by atoms with E-state index >= 15 is 0 Å². The Morgan fingerprint density at radius 3 is 2.68 bits per heavy atom. The lowest BCUT2D eigenvalue weighted by Crippen LogP contribution is -2.46.